The topological polar surface area (TPSA) is 0 Å². The molecule has 0 amide bonds. The van der Waals surface area contributed by atoms with Gasteiger partial charge in [0.25, 0.3) is 0 Å². The molecule has 0 aromatic carbocycles. The van der Waals surface area contributed by atoms with Crippen molar-refractivity contribution >= 4 is 0 Å². The molecule has 74 valence electrons. The van der Waals surface area contributed by atoms with Gasteiger partial charge in [-0.15, -0.1) is 0 Å². The minimum atomic E-state index is 0.944. The third kappa shape index (κ3) is 5.62. The molecule has 0 saturated carbocycles. The third-order valence-electron chi connectivity index (χ3n) is 3.16. The lowest BCUT2D eigenvalue weighted by molar-refractivity contribution is 0.399. The van der Waals surface area contributed by atoms with Crippen LogP contribution in [-0.4, -0.2) is 0 Å². The van der Waals surface area contributed by atoms with E-state index in [4.69, 9.17) is 0 Å². The van der Waals surface area contributed by atoms with Gasteiger partial charge in [0.15, 0.2) is 0 Å². The second-order valence-corrected chi connectivity index (χ2v) is 4.13. The quantitative estimate of drug-likeness (QED) is 0.522. The van der Waals surface area contributed by atoms with Gasteiger partial charge in [0, 0.05) is 0 Å². The average molecular weight is 170 g/mol. The van der Waals surface area contributed by atoms with Crippen molar-refractivity contribution in [1.29, 1.82) is 0 Å². The Labute approximate surface area is 78.8 Å². The predicted molar refractivity (Wildman–Crippen MR) is 57.4 cm³/mol. The van der Waals surface area contributed by atoms with Crippen molar-refractivity contribution in [2.75, 3.05) is 0 Å². The molecule has 0 nitrogen and oxygen atoms in total. The second-order valence-electron chi connectivity index (χ2n) is 4.13. The van der Waals surface area contributed by atoms with Crippen molar-refractivity contribution in [3.63, 3.8) is 0 Å². The van der Waals surface area contributed by atoms with E-state index in [9.17, 15) is 0 Å². The van der Waals surface area contributed by atoms with Gasteiger partial charge in [0.1, 0.15) is 0 Å². The van der Waals surface area contributed by atoms with Gasteiger partial charge in [-0.25, -0.2) is 0 Å². The van der Waals surface area contributed by atoms with Crippen LogP contribution < -0.4 is 0 Å². The van der Waals surface area contributed by atoms with Crippen LogP contribution in [0.1, 0.15) is 66.2 Å². The molecule has 1 atom stereocenters. The van der Waals surface area contributed by atoms with Crippen molar-refractivity contribution in [3.8, 4) is 0 Å². The lowest BCUT2D eigenvalue weighted by Crippen LogP contribution is -1.99. The maximum absolute atomic E-state index is 2.37. The lowest BCUT2D eigenvalue weighted by Gasteiger charge is -2.13. The monoisotopic (exact) mass is 170 g/mol. The molecular weight excluding hydrogens is 144 g/mol. The molecule has 0 heterocycles. The highest BCUT2D eigenvalue weighted by atomic mass is 14.1. The summed E-state index contributed by atoms with van der Waals surface area (Å²) in [6.07, 6.45) is 8.43. The van der Waals surface area contributed by atoms with Gasteiger partial charge >= 0.3 is 0 Å². The Morgan fingerprint density at radius 1 is 0.833 bits per heavy atom. The smallest absolute Gasteiger partial charge is 0.0420 e. The van der Waals surface area contributed by atoms with Crippen LogP contribution in [-0.2, 0) is 0 Å². The summed E-state index contributed by atoms with van der Waals surface area (Å²) >= 11 is 0. The molecule has 0 fully saturated rings. The first-order chi connectivity index (χ1) is 5.74. The summed E-state index contributed by atoms with van der Waals surface area (Å²) in [6.45, 7) is 9.30. The number of rotatable bonds is 7. The zero-order valence-corrected chi connectivity index (χ0v) is 9.40. The van der Waals surface area contributed by atoms with Crippen LogP contribution in [0.2, 0.25) is 0 Å². The maximum atomic E-state index is 2.37. The fraction of sp³-hybridized carbons (Fsp3) is 1.00. The summed E-state index contributed by atoms with van der Waals surface area (Å²) in [6, 6.07) is 0. The highest BCUT2D eigenvalue weighted by Crippen LogP contribution is 2.19. The summed E-state index contributed by atoms with van der Waals surface area (Å²) in [7, 11) is 0. The summed E-state index contributed by atoms with van der Waals surface area (Å²) in [5, 5.41) is 0. The predicted octanol–water partition coefficient (Wildman–Crippen LogP) is 4.64. The molecule has 0 aliphatic carbocycles. The van der Waals surface area contributed by atoms with Gasteiger partial charge in [0.2, 0.25) is 0 Å². The number of hydrogen-bond acceptors (Lipinski definition) is 0. The van der Waals surface area contributed by atoms with Gasteiger partial charge in [0.05, 0.1) is 0 Å². The van der Waals surface area contributed by atoms with Crippen molar-refractivity contribution in [1.82, 2.24) is 0 Å². The van der Waals surface area contributed by atoms with Crippen molar-refractivity contribution in [2.45, 2.75) is 66.2 Å². The molecule has 0 bridgehead atoms. The summed E-state index contributed by atoms with van der Waals surface area (Å²) in [5.41, 5.74) is 0. The van der Waals surface area contributed by atoms with E-state index in [0.29, 0.717) is 0 Å². The largest absolute Gasteiger partial charge is 0.0651 e. The standard InChI is InChI=1S/C12H26/c1-5-11(4)9-8-10-12(6-2)7-3/h11-12H,5-10H2,1-4H3. The highest BCUT2D eigenvalue weighted by molar-refractivity contribution is 4.57. The van der Waals surface area contributed by atoms with E-state index < -0.39 is 0 Å². The zero-order valence-electron chi connectivity index (χ0n) is 9.40. The van der Waals surface area contributed by atoms with E-state index in [1.54, 1.807) is 0 Å². The zero-order chi connectivity index (χ0) is 9.40. The molecule has 0 spiro atoms. The first-order valence-corrected chi connectivity index (χ1v) is 5.74. The highest BCUT2D eigenvalue weighted by Gasteiger charge is 2.04. The molecule has 1 unspecified atom stereocenters. The Morgan fingerprint density at radius 3 is 1.83 bits per heavy atom. The molecule has 0 aromatic heterocycles. The van der Waals surface area contributed by atoms with Crippen LogP contribution in [0, 0.1) is 11.8 Å². The molecule has 0 aliphatic rings. The maximum Gasteiger partial charge on any atom is -0.0420 e. The number of hydrogen-bond donors (Lipinski definition) is 0. The Morgan fingerprint density at radius 2 is 1.42 bits per heavy atom. The molecule has 0 heteroatoms. The summed E-state index contributed by atoms with van der Waals surface area (Å²) < 4.78 is 0. The van der Waals surface area contributed by atoms with E-state index in [0.717, 1.165) is 11.8 Å². The Bertz CT molecular complexity index is 82.0. The first-order valence-electron chi connectivity index (χ1n) is 5.74. The summed E-state index contributed by atoms with van der Waals surface area (Å²) in [5.74, 6) is 1.94. The van der Waals surface area contributed by atoms with Crippen molar-refractivity contribution < 1.29 is 0 Å². The lowest BCUT2D eigenvalue weighted by atomic mass is 9.93. The van der Waals surface area contributed by atoms with Gasteiger partial charge < -0.3 is 0 Å². The molecule has 0 saturated heterocycles. The SMILES string of the molecule is CCC(C)CCCC(CC)CC. The van der Waals surface area contributed by atoms with E-state index in [-0.39, 0.29) is 0 Å². The average Bonchev–Trinajstić information content (AvgIpc) is 2.12. The molecule has 0 N–H and O–H groups in total. The minimum Gasteiger partial charge on any atom is -0.0651 e. The Kier molecular flexibility index (Phi) is 7.64. The second kappa shape index (κ2) is 7.64. The van der Waals surface area contributed by atoms with E-state index in [2.05, 4.69) is 27.7 Å². The van der Waals surface area contributed by atoms with E-state index >= 15 is 0 Å². The van der Waals surface area contributed by atoms with Crippen molar-refractivity contribution in [2.24, 2.45) is 11.8 Å². The van der Waals surface area contributed by atoms with Crippen LogP contribution >= 0.6 is 0 Å². The van der Waals surface area contributed by atoms with Gasteiger partial charge in [-0.2, -0.15) is 0 Å². The van der Waals surface area contributed by atoms with Crippen LogP contribution in [0.25, 0.3) is 0 Å². The normalized spacial score (nSPS) is 13.8. The van der Waals surface area contributed by atoms with Crippen LogP contribution in [0.15, 0.2) is 0 Å². The van der Waals surface area contributed by atoms with E-state index in [1.165, 1.54) is 38.5 Å². The fourth-order valence-electron chi connectivity index (χ4n) is 1.66. The Hall–Kier alpha value is 0. The van der Waals surface area contributed by atoms with Crippen LogP contribution in [0.3, 0.4) is 0 Å². The molecule has 0 aliphatic heterocycles. The van der Waals surface area contributed by atoms with Gasteiger partial charge in [-0.3, -0.25) is 0 Å². The van der Waals surface area contributed by atoms with Crippen LogP contribution in [0.4, 0.5) is 0 Å². The molecule has 12 heavy (non-hydrogen) atoms. The van der Waals surface area contributed by atoms with E-state index in [1.807, 2.05) is 0 Å². The van der Waals surface area contributed by atoms with Crippen molar-refractivity contribution in [3.05, 3.63) is 0 Å². The fourth-order valence-corrected chi connectivity index (χ4v) is 1.66. The Balaban J connectivity index is 3.28. The third-order valence-corrected chi connectivity index (χ3v) is 3.16. The van der Waals surface area contributed by atoms with Crippen LogP contribution in [0.5, 0.6) is 0 Å². The first kappa shape index (κ1) is 12.0. The molecular formula is C12H26. The van der Waals surface area contributed by atoms with Gasteiger partial charge in [-0.05, 0) is 11.8 Å². The van der Waals surface area contributed by atoms with Gasteiger partial charge in [-0.1, -0.05) is 66.2 Å². The minimum absolute atomic E-state index is 0.944. The molecule has 0 aromatic rings. The molecule has 0 rings (SSSR count). The molecule has 0 radical (unpaired) electrons. The summed E-state index contributed by atoms with van der Waals surface area (Å²) in [4.78, 5) is 0.